The predicted molar refractivity (Wildman–Crippen MR) is 69.2 cm³/mol. The van der Waals surface area contributed by atoms with Gasteiger partial charge in [-0.25, -0.2) is 0 Å². The summed E-state index contributed by atoms with van der Waals surface area (Å²) < 4.78 is 40.2. The molecule has 7 heteroatoms. The Hall–Kier alpha value is -1.60. The molecule has 20 heavy (non-hydrogen) atoms. The van der Waals surface area contributed by atoms with E-state index in [-0.39, 0.29) is 0 Å². The van der Waals surface area contributed by atoms with Crippen molar-refractivity contribution in [3.8, 4) is 0 Å². The standard InChI is InChI=1S/C13H17F3N2O2/c1-2-18(11-5-3-10(7-17)4-6-11)12(19)8-20-9-13(14,15)16/h3-6H,2,7-9,17H2,1H3. The molecule has 0 atom stereocenters. The minimum Gasteiger partial charge on any atom is -0.362 e. The Kier molecular flexibility index (Phi) is 5.97. The summed E-state index contributed by atoms with van der Waals surface area (Å²) >= 11 is 0. The van der Waals surface area contributed by atoms with Crippen molar-refractivity contribution in [3.05, 3.63) is 29.8 Å². The molecular formula is C13H17F3N2O2. The number of nitrogens with two attached hydrogens (primary N) is 1. The van der Waals surface area contributed by atoms with Gasteiger partial charge in [0.15, 0.2) is 0 Å². The first-order valence-electron chi connectivity index (χ1n) is 6.11. The van der Waals surface area contributed by atoms with Crippen molar-refractivity contribution in [3.63, 3.8) is 0 Å². The Labute approximate surface area is 115 Å². The minimum absolute atomic E-state index is 0.343. The molecule has 1 amide bonds. The molecule has 0 aliphatic heterocycles. The van der Waals surface area contributed by atoms with Gasteiger partial charge in [-0.2, -0.15) is 13.2 Å². The molecule has 0 spiro atoms. The Morgan fingerprint density at radius 1 is 1.30 bits per heavy atom. The Bertz CT molecular complexity index is 432. The molecule has 2 N–H and O–H groups in total. The van der Waals surface area contributed by atoms with Gasteiger partial charge in [0.2, 0.25) is 0 Å². The summed E-state index contributed by atoms with van der Waals surface area (Å²) in [5.74, 6) is -0.516. The summed E-state index contributed by atoms with van der Waals surface area (Å²) in [5.41, 5.74) is 6.98. The van der Waals surface area contributed by atoms with E-state index < -0.39 is 25.3 Å². The van der Waals surface area contributed by atoms with Crippen LogP contribution in [0.5, 0.6) is 0 Å². The number of anilines is 1. The summed E-state index contributed by atoms with van der Waals surface area (Å²) in [6, 6.07) is 6.93. The SMILES string of the molecule is CCN(C(=O)COCC(F)(F)F)c1ccc(CN)cc1. The summed E-state index contributed by atoms with van der Waals surface area (Å²) in [4.78, 5) is 13.2. The fourth-order valence-corrected chi connectivity index (χ4v) is 1.65. The van der Waals surface area contributed by atoms with E-state index in [2.05, 4.69) is 4.74 Å². The molecule has 4 nitrogen and oxygen atoms in total. The van der Waals surface area contributed by atoms with Crippen LogP contribution in [0, 0.1) is 0 Å². The Morgan fingerprint density at radius 2 is 1.90 bits per heavy atom. The molecule has 0 unspecified atom stereocenters. The number of carbonyl (C=O) groups is 1. The average Bonchev–Trinajstić information content (AvgIpc) is 2.39. The lowest BCUT2D eigenvalue weighted by Gasteiger charge is -2.21. The fourth-order valence-electron chi connectivity index (χ4n) is 1.65. The van der Waals surface area contributed by atoms with Gasteiger partial charge in [0, 0.05) is 18.8 Å². The van der Waals surface area contributed by atoms with Crippen LogP contribution in [0.25, 0.3) is 0 Å². The summed E-state index contributed by atoms with van der Waals surface area (Å²) in [7, 11) is 0. The van der Waals surface area contributed by atoms with E-state index in [4.69, 9.17) is 5.73 Å². The maximum Gasteiger partial charge on any atom is 0.411 e. The first-order chi connectivity index (χ1) is 9.37. The van der Waals surface area contributed by atoms with Gasteiger partial charge in [0.05, 0.1) is 0 Å². The van der Waals surface area contributed by atoms with E-state index in [9.17, 15) is 18.0 Å². The van der Waals surface area contributed by atoms with Gasteiger partial charge < -0.3 is 15.4 Å². The van der Waals surface area contributed by atoms with Crippen molar-refractivity contribution in [1.29, 1.82) is 0 Å². The lowest BCUT2D eigenvalue weighted by molar-refractivity contribution is -0.175. The molecule has 112 valence electrons. The molecule has 0 aliphatic carbocycles. The molecule has 0 aliphatic rings. The third-order valence-corrected chi connectivity index (χ3v) is 2.59. The van der Waals surface area contributed by atoms with Crippen LogP contribution in [0.2, 0.25) is 0 Å². The van der Waals surface area contributed by atoms with Gasteiger partial charge in [-0.1, -0.05) is 12.1 Å². The molecule has 1 aromatic carbocycles. The normalized spacial score (nSPS) is 11.4. The number of nitrogens with zero attached hydrogens (tertiary/aromatic N) is 1. The molecule has 0 radical (unpaired) electrons. The number of hydrogen-bond donors (Lipinski definition) is 1. The second-order valence-corrected chi connectivity index (χ2v) is 4.12. The van der Waals surface area contributed by atoms with Crippen LogP contribution in [0.3, 0.4) is 0 Å². The first-order valence-corrected chi connectivity index (χ1v) is 6.11. The second kappa shape index (κ2) is 7.25. The van der Waals surface area contributed by atoms with Crippen molar-refractivity contribution < 1.29 is 22.7 Å². The summed E-state index contributed by atoms with van der Waals surface area (Å²) in [6.07, 6.45) is -4.43. The van der Waals surface area contributed by atoms with Crippen molar-refractivity contribution in [2.45, 2.75) is 19.6 Å². The smallest absolute Gasteiger partial charge is 0.362 e. The van der Waals surface area contributed by atoms with Crippen LogP contribution >= 0.6 is 0 Å². The fraction of sp³-hybridized carbons (Fsp3) is 0.462. The minimum atomic E-state index is -4.43. The van der Waals surface area contributed by atoms with E-state index in [1.54, 1.807) is 31.2 Å². The van der Waals surface area contributed by atoms with Gasteiger partial charge in [-0.15, -0.1) is 0 Å². The molecule has 1 rings (SSSR count). The van der Waals surface area contributed by atoms with Crippen molar-refractivity contribution in [1.82, 2.24) is 0 Å². The number of rotatable bonds is 6. The molecule has 0 aromatic heterocycles. The molecule has 0 bridgehead atoms. The maximum atomic E-state index is 11.9. The molecular weight excluding hydrogens is 273 g/mol. The zero-order valence-electron chi connectivity index (χ0n) is 11.1. The van der Waals surface area contributed by atoms with Crippen molar-refractivity contribution in [2.24, 2.45) is 5.73 Å². The van der Waals surface area contributed by atoms with Crippen LogP contribution in [-0.4, -0.2) is 31.8 Å². The number of carbonyl (C=O) groups excluding carboxylic acids is 1. The van der Waals surface area contributed by atoms with Gasteiger partial charge in [-0.05, 0) is 24.6 Å². The van der Waals surface area contributed by atoms with E-state index in [0.29, 0.717) is 18.8 Å². The highest BCUT2D eigenvalue weighted by atomic mass is 19.4. The summed E-state index contributed by atoms with van der Waals surface area (Å²) in [6.45, 7) is 0.429. The van der Waals surface area contributed by atoms with Crippen LogP contribution in [0.4, 0.5) is 18.9 Å². The number of halogens is 3. The maximum absolute atomic E-state index is 11.9. The van der Waals surface area contributed by atoms with Crippen LogP contribution < -0.4 is 10.6 Å². The molecule has 1 aromatic rings. The highest BCUT2D eigenvalue weighted by molar-refractivity contribution is 5.94. The molecule has 0 saturated carbocycles. The topological polar surface area (TPSA) is 55.6 Å². The van der Waals surface area contributed by atoms with Gasteiger partial charge in [0.1, 0.15) is 13.2 Å². The number of benzene rings is 1. The molecule has 0 fully saturated rings. The van der Waals surface area contributed by atoms with Crippen molar-refractivity contribution in [2.75, 3.05) is 24.7 Å². The number of likely N-dealkylation sites (N-methyl/N-ethyl adjacent to an activating group) is 1. The third-order valence-electron chi connectivity index (χ3n) is 2.59. The molecule has 0 saturated heterocycles. The lowest BCUT2D eigenvalue weighted by atomic mass is 10.2. The number of amides is 1. The number of alkyl halides is 3. The van der Waals surface area contributed by atoms with Gasteiger partial charge in [-0.3, -0.25) is 4.79 Å². The monoisotopic (exact) mass is 290 g/mol. The van der Waals surface area contributed by atoms with Crippen molar-refractivity contribution >= 4 is 11.6 Å². The highest BCUT2D eigenvalue weighted by Crippen LogP contribution is 2.17. The Morgan fingerprint density at radius 3 is 2.35 bits per heavy atom. The van der Waals surface area contributed by atoms with Crippen LogP contribution in [0.15, 0.2) is 24.3 Å². The van der Waals surface area contributed by atoms with E-state index in [1.807, 2.05) is 0 Å². The molecule has 0 heterocycles. The van der Waals surface area contributed by atoms with E-state index in [0.717, 1.165) is 5.56 Å². The number of hydrogen-bond acceptors (Lipinski definition) is 3. The quantitative estimate of drug-likeness (QED) is 0.872. The van der Waals surface area contributed by atoms with Crippen LogP contribution in [0.1, 0.15) is 12.5 Å². The highest BCUT2D eigenvalue weighted by Gasteiger charge is 2.28. The predicted octanol–water partition coefficient (Wildman–Crippen LogP) is 2.08. The van der Waals surface area contributed by atoms with Crippen LogP contribution in [-0.2, 0) is 16.1 Å². The first kappa shape index (κ1) is 16.5. The largest absolute Gasteiger partial charge is 0.411 e. The average molecular weight is 290 g/mol. The van der Waals surface area contributed by atoms with E-state index >= 15 is 0 Å². The third kappa shape index (κ3) is 5.18. The van der Waals surface area contributed by atoms with Gasteiger partial charge >= 0.3 is 6.18 Å². The van der Waals surface area contributed by atoms with Gasteiger partial charge in [0.25, 0.3) is 5.91 Å². The Balaban J connectivity index is 2.62. The lowest BCUT2D eigenvalue weighted by Crippen LogP contribution is -2.35. The summed E-state index contributed by atoms with van der Waals surface area (Å²) in [5, 5.41) is 0. The zero-order valence-corrected chi connectivity index (χ0v) is 11.1. The second-order valence-electron chi connectivity index (χ2n) is 4.12. The van der Waals surface area contributed by atoms with E-state index in [1.165, 1.54) is 4.90 Å². The zero-order chi connectivity index (χ0) is 15.2. The number of ether oxygens (including phenoxy) is 1.